The van der Waals surface area contributed by atoms with Gasteiger partial charge in [-0.2, -0.15) is 0 Å². The number of imidazole rings is 1. The zero-order valence-electron chi connectivity index (χ0n) is 18.3. The number of nitrogens with zero attached hydrogens (tertiary/aromatic N) is 4. The molecule has 0 saturated carbocycles. The molecule has 4 aromatic rings. The second-order valence-electron chi connectivity index (χ2n) is 8.44. The molecule has 1 unspecified atom stereocenters. The predicted molar refractivity (Wildman–Crippen MR) is 124 cm³/mol. The topological polar surface area (TPSA) is 71.1 Å². The van der Waals surface area contributed by atoms with E-state index in [2.05, 4.69) is 4.98 Å². The summed E-state index contributed by atoms with van der Waals surface area (Å²) in [6, 6.07) is 15.8. The fourth-order valence-corrected chi connectivity index (χ4v) is 4.59. The summed E-state index contributed by atoms with van der Waals surface area (Å²) < 4.78 is 10.5. The highest BCUT2D eigenvalue weighted by molar-refractivity contribution is 5.73. The Balaban J connectivity index is 1.78. The number of ether oxygens (including phenoxy) is 1. The third kappa shape index (κ3) is 3.48. The molecule has 1 fully saturated rings. The molecular formula is C25H26N4O3. The van der Waals surface area contributed by atoms with E-state index in [0.29, 0.717) is 24.3 Å². The molecule has 1 saturated heterocycles. The van der Waals surface area contributed by atoms with Crippen LogP contribution in [0.3, 0.4) is 0 Å². The summed E-state index contributed by atoms with van der Waals surface area (Å²) in [7, 11) is 0. The molecule has 164 valence electrons. The Morgan fingerprint density at radius 3 is 2.47 bits per heavy atom. The molecule has 5 rings (SSSR count). The first-order valence-corrected chi connectivity index (χ1v) is 11.0. The molecule has 7 heteroatoms. The van der Waals surface area contributed by atoms with Crippen molar-refractivity contribution in [2.24, 2.45) is 0 Å². The average Bonchev–Trinajstić information content (AvgIpc) is 3.44. The van der Waals surface area contributed by atoms with Crippen LogP contribution in [0.25, 0.3) is 16.9 Å². The van der Waals surface area contributed by atoms with Crippen LogP contribution >= 0.6 is 0 Å². The maximum absolute atomic E-state index is 13.7. The van der Waals surface area contributed by atoms with Crippen LogP contribution < -0.4 is 11.2 Å². The molecule has 1 aliphatic rings. The zero-order chi connectivity index (χ0) is 22.2. The lowest BCUT2D eigenvalue weighted by molar-refractivity contribution is 0.0950. The smallest absolute Gasteiger partial charge is 0.337 e. The Labute approximate surface area is 185 Å². The van der Waals surface area contributed by atoms with Crippen LogP contribution in [0.15, 0.2) is 64.4 Å². The third-order valence-corrected chi connectivity index (χ3v) is 6.17. The summed E-state index contributed by atoms with van der Waals surface area (Å²) in [5, 5.41) is 0. The second kappa shape index (κ2) is 8.24. The van der Waals surface area contributed by atoms with Crippen LogP contribution in [0.1, 0.15) is 29.5 Å². The standard InChI is InChI=1S/C25H26N4O3/c1-17-8-6-9-18(2)21(17)29-23-22(27(16-26-23)14-19-10-4-3-5-11-19)24(30)28(25(29)31)15-20-12-7-13-32-20/h3-6,8-11,16,20H,7,12-15H2,1-2H3. The summed E-state index contributed by atoms with van der Waals surface area (Å²) in [5.41, 5.74) is 3.85. The normalized spacial score (nSPS) is 16.1. The first-order chi connectivity index (χ1) is 15.5. The van der Waals surface area contributed by atoms with Gasteiger partial charge in [-0.05, 0) is 43.4 Å². The van der Waals surface area contributed by atoms with Crippen molar-refractivity contribution in [1.29, 1.82) is 0 Å². The SMILES string of the molecule is Cc1cccc(C)c1-n1c(=O)n(CC2CCCO2)c(=O)c2c1ncn2Cc1ccccc1. The van der Waals surface area contributed by atoms with E-state index in [0.717, 1.165) is 35.2 Å². The van der Waals surface area contributed by atoms with Gasteiger partial charge in [-0.3, -0.25) is 9.36 Å². The van der Waals surface area contributed by atoms with Crippen LogP contribution in [0.2, 0.25) is 0 Å². The fraction of sp³-hybridized carbons (Fsp3) is 0.320. The zero-order valence-corrected chi connectivity index (χ0v) is 18.3. The Hall–Kier alpha value is -3.45. The number of benzene rings is 2. The first kappa shape index (κ1) is 20.5. The molecular weight excluding hydrogens is 404 g/mol. The Morgan fingerprint density at radius 2 is 1.78 bits per heavy atom. The van der Waals surface area contributed by atoms with Gasteiger partial charge in [-0.25, -0.2) is 14.3 Å². The lowest BCUT2D eigenvalue weighted by atomic mass is 10.1. The number of aromatic nitrogens is 4. The molecule has 0 N–H and O–H groups in total. The summed E-state index contributed by atoms with van der Waals surface area (Å²) in [5.74, 6) is 0. The molecule has 1 atom stereocenters. The van der Waals surface area contributed by atoms with Crippen LogP contribution in [0, 0.1) is 13.8 Å². The maximum Gasteiger partial charge on any atom is 0.337 e. The molecule has 3 heterocycles. The minimum atomic E-state index is -0.375. The van der Waals surface area contributed by atoms with Gasteiger partial charge in [-0.1, -0.05) is 48.5 Å². The van der Waals surface area contributed by atoms with E-state index in [1.807, 2.05) is 66.9 Å². The van der Waals surface area contributed by atoms with Crippen LogP contribution in [-0.2, 0) is 17.8 Å². The maximum atomic E-state index is 13.7. The van der Waals surface area contributed by atoms with E-state index < -0.39 is 0 Å². The fourth-order valence-electron chi connectivity index (χ4n) is 4.59. The van der Waals surface area contributed by atoms with Crippen molar-refractivity contribution >= 4 is 11.2 Å². The molecule has 32 heavy (non-hydrogen) atoms. The summed E-state index contributed by atoms with van der Waals surface area (Å²) in [4.78, 5) is 31.8. The van der Waals surface area contributed by atoms with Crippen molar-refractivity contribution in [2.75, 3.05) is 6.61 Å². The van der Waals surface area contributed by atoms with Gasteiger partial charge in [-0.15, -0.1) is 0 Å². The quantitative estimate of drug-likeness (QED) is 0.488. The van der Waals surface area contributed by atoms with E-state index in [1.54, 1.807) is 10.9 Å². The summed E-state index contributed by atoms with van der Waals surface area (Å²) >= 11 is 0. The second-order valence-corrected chi connectivity index (χ2v) is 8.44. The van der Waals surface area contributed by atoms with Gasteiger partial charge in [0.05, 0.1) is 24.7 Å². The Kier molecular flexibility index (Phi) is 5.27. The third-order valence-electron chi connectivity index (χ3n) is 6.17. The number of hydrogen-bond acceptors (Lipinski definition) is 4. The molecule has 0 aliphatic carbocycles. The highest BCUT2D eigenvalue weighted by atomic mass is 16.5. The summed E-state index contributed by atoms with van der Waals surface area (Å²) in [6.45, 7) is 5.35. The summed E-state index contributed by atoms with van der Waals surface area (Å²) in [6.07, 6.45) is 3.31. The van der Waals surface area contributed by atoms with E-state index in [1.165, 1.54) is 4.57 Å². The van der Waals surface area contributed by atoms with Gasteiger partial charge >= 0.3 is 5.69 Å². The number of rotatable bonds is 5. The van der Waals surface area contributed by atoms with E-state index in [-0.39, 0.29) is 23.9 Å². The lowest BCUT2D eigenvalue weighted by Gasteiger charge is -2.17. The van der Waals surface area contributed by atoms with Crippen LogP contribution in [-0.4, -0.2) is 31.4 Å². The van der Waals surface area contributed by atoms with Crippen molar-refractivity contribution < 1.29 is 4.74 Å². The van der Waals surface area contributed by atoms with Crippen LogP contribution in [0.5, 0.6) is 0 Å². The van der Waals surface area contributed by atoms with Gasteiger partial charge in [0.25, 0.3) is 5.56 Å². The average molecular weight is 431 g/mol. The highest BCUT2D eigenvalue weighted by Crippen LogP contribution is 2.21. The highest BCUT2D eigenvalue weighted by Gasteiger charge is 2.24. The lowest BCUT2D eigenvalue weighted by Crippen LogP contribution is -2.42. The Bertz CT molecular complexity index is 1370. The van der Waals surface area contributed by atoms with E-state index in [9.17, 15) is 9.59 Å². The van der Waals surface area contributed by atoms with E-state index in [4.69, 9.17) is 4.74 Å². The monoisotopic (exact) mass is 430 g/mol. The van der Waals surface area contributed by atoms with Crippen molar-refractivity contribution in [2.45, 2.75) is 45.9 Å². The Morgan fingerprint density at radius 1 is 1.03 bits per heavy atom. The molecule has 0 bridgehead atoms. The van der Waals surface area contributed by atoms with Gasteiger partial charge in [0, 0.05) is 13.2 Å². The minimum absolute atomic E-state index is 0.130. The van der Waals surface area contributed by atoms with Gasteiger partial charge in [0.1, 0.15) is 0 Å². The molecule has 0 radical (unpaired) electrons. The molecule has 7 nitrogen and oxygen atoms in total. The van der Waals surface area contributed by atoms with Gasteiger partial charge < -0.3 is 9.30 Å². The van der Waals surface area contributed by atoms with Crippen molar-refractivity contribution in [3.8, 4) is 5.69 Å². The number of hydrogen-bond donors (Lipinski definition) is 0. The number of fused-ring (bicyclic) bond motifs is 1. The molecule has 2 aromatic carbocycles. The van der Waals surface area contributed by atoms with Crippen molar-refractivity contribution in [3.05, 3.63) is 92.4 Å². The van der Waals surface area contributed by atoms with E-state index >= 15 is 0 Å². The largest absolute Gasteiger partial charge is 0.376 e. The molecule has 2 aromatic heterocycles. The first-order valence-electron chi connectivity index (χ1n) is 11.0. The minimum Gasteiger partial charge on any atom is -0.376 e. The van der Waals surface area contributed by atoms with Gasteiger partial charge in [0.2, 0.25) is 0 Å². The number of para-hydroxylation sites is 1. The molecule has 0 spiro atoms. The molecule has 1 aliphatic heterocycles. The predicted octanol–water partition coefficient (Wildman–Crippen LogP) is 3.19. The van der Waals surface area contributed by atoms with Crippen molar-refractivity contribution in [3.63, 3.8) is 0 Å². The van der Waals surface area contributed by atoms with Crippen LogP contribution in [0.4, 0.5) is 0 Å². The molecule has 0 amide bonds. The number of aryl methyl sites for hydroxylation is 2. The van der Waals surface area contributed by atoms with Crippen molar-refractivity contribution in [1.82, 2.24) is 18.7 Å². The van der Waals surface area contributed by atoms with Gasteiger partial charge in [0.15, 0.2) is 11.2 Å².